The number of carbonyl (C=O) groups is 1. The molecule has 0 aliphatic rings. The smallest absolute Gasteiger partial charge is 0.251 e. The highest BCUT2D eigenvalue weighted by molar-refractivity contribution is 5.94. The van der Waals surface area contributed by atoms with Gasteiger partial charge in [0.15, 0.2) is 0 Å². The summed E-state index contributed by atoms with van der Waals surface area (Å²) < 4.78 is 5.76. The lowest BCUT2D eigenvalue weighted by Gasteiger charge is -2.14. The zero-order valence-corrected chi connectivity index (χ0v) is 15.7. The highest BCUT2D eigenvalue weighted by atomic mass is 16.5. The normalized spacial score (nSPS) is 10.3. The van der Waals surface area contributed by atoms with Crippen LogP contribution >= 0.6 is 0 Å². The van der Waals surface area contributed by atoms with Gasteiger partial charge >= 0.3 is 0 Å². The first kappa shape index (κ1) is 18.5. The Bertz CT molecular complexity index is 874. The highest BCUT2D eigenvalue weighted by Crippen LogP contribution is 2.15. The zero-order valence-electron chi connectivity index (χ0n) is 15.7. The van der Waals surface area contributed by atoms with Gasteiger partial charge in [-0.15, -0.1) is 0 Å². The molecule has 0 bridgehead atoms. The molecule has 0 spiro atoms. The molecule has 0 aliphatic carbocycles. The van der Waals surface area contributed by atoms with Crippen molar-refractivity contribution in [1.82, 2.24) is 5.32 Å². The maximum Gasteiger partial charge on any atom is 0.251 e. The average molecular weight is 360 g/mol. The summed E-state index contributed by atoms with van der Waals surface area (Å²) in [5, 5.41) is 2.96. The Hall–Kier alpha value is -3.27. The van der Waals surface area contributed by atoms with Crippen molar-refractivity contribution >= 4 is 11.6 Å². The first-order valence-corrected chi connectivity index (χ1v) is 8.93. The second kappa shape index (κ2) is 8.90. The minimum atomic E-state index is -0.0973. The van der Waals surface area contributed by atoms with Crippen LogP contribution in [0.15, 0.2) is 78.9 Å². The number of carbonyl (C=O) groups excluding carboxylic acids is 1. The van der Waals surface area contributed by atoms with Crippen molar-refractivity contribution in [2.45, 2.75) is 13.2 Å². The van der Waals surface area contributed by atoms with Crippen LogP contribution in [-0.4, -0.2) is 20.0 Å². The summed E-state index contributed by atoms with van der Waals surface area (Å²) in [5.41, 5.74) is 3.91. The summed E-state index contributed by atoms with van der Waals surface area (Å²) in [6.07, 6.45) is 0. The standard InChI is InChI=1S/C23H24N2O2/c1-25(2)21-10-6-9-19(15-21)16-24-23(26)20-11-13-22(14-12-20)27-17-18-7-4-3-5-8-18/h3-15H,16-17H2,1-2H3,(H,24,26). The van der Waals surface area contributed by atoms with Crippen molar-refractivity contribution in [2.75, 3.05) is 19.0 Å². The predicted molar refractivity (Wildman–Crippen MR) is 109 cm³/mol. The Morgan fingerprint density at radius 3 is 2.30 bits per heavy atom. The van der Waals surface area contributed by atoms with E-state index >= 15 is 0 Å². The molecule has 0 radical (unpaired) electrons. The van der Waals surface area contributed by atoms with Crippen LogP contribution in [0.2, 0.25) is 0 Å². The third kappa shape index (κ3) is 5.35. The van der Waals surface area contributed by atoms with Gasteiger partial charge in [-0.05, 0) is 47.5 Å². The fourth-order valence-corrected chi connectivity index (χ4v) is 2.67. The lowest BCUT2D eigenvalue weighted by atomic mass is 10.1. The van der Waals surface area contributed by atoms with E-state index in [4.69, 9.17) is 4.74 Å². The molecule has 3 aromatic carbocycles. The van der Waals surface area contributed by atoms with Gasteiger partial charge < -0.3 is 15.0 Å². The summed E-state index contributed by atoms with van der Waals surface area (Å²) in [4.78, 5) is 14.4. The van der Waals surface area contributed by atoms with Gasteiger partial charge in [-0.1, -0.05) is 42.5 Å². The lowest BCUT2D eigenvalue weighted by molar-refractivity contribution is 0.0951. The van der Waals surface area contributed by atoms with E-state index in [2.05, 4.69) is 11.4 Å². The molecule has 0 aromatic heterocycles. The number of nitrogens with one attached hydrogen (secondary N) is 1. The van der Waals surface area contributed by atoms with Crippen molar-refractivity contribution in [1.29, 1.82) is 0 Å². The van der Waals surface area contributed by atoms with E-state index in [0.29, 0.717) is 18.7 Å². The van der Waals surface area contributed by atoms with Crippen LogP contribution in [0.5, 0.6) is 5.75 Å². The number of benzene rings is 3. The van der Waals surface area contributed by atoms with E-state index in [9.17, 15) is 4.79 Å². The number of hydrogen-bond acceptors (Lipinski definition) is 3. The summed E-state index contributed by atoms with van der Waals surface area (Å²) in [7, 11) is 4.00. The summed E-state index contributed by atoms with van der Waals surface area (Å²) >= 11 is 0. The Labute approximate surface area is 160 Å². The molecule has 0 heterocycles. The average Bonchev–Trinajstić information content (AvgIpc) is 2.72. The molecule has 0 atom stereocenters. The van der Waals surface area contributed by atoms with E-state index in [1.165, 1.54) is 0 Å². The van der Waals surface area contributed by atoms with Crippen LogP contribution in [0.25, 0.3) is 0 Å². The number of ether oxygens (including phenoxy) is 1. The van der Waals surface area contributed by atoms with Crippen LogP contribution in [-0.2, 0) is 13.2 Å². The van der Waals surface area contributed by atoms with Gasteiger partial charge in [0.2, 0.25) is 0 Å². The molecule has 4 heteroatoms. The van der Waals surface area contributed by atoms with Crippen LogP contribution in [0.1, 0.15) is 21.5 Å². The number of amides is 1. The topological polar surface area (TPSA) is 41.6 Å². The number of rotatable bonds is 7. The molecule has 4 nitrogen and oxygen atoms in total. The van der Waals surface area contributed by atoms with Gasteiger partial charge in [-0.25, -0.2) is 0 Å². The first-order valence-electron chi connectivity index (χ1n) is 8.93. The minimum absolute atomic E-state index is 0.0973. The Balaban J connectivity index is 1.53. The molecule has 3 aromatic rings. The SMILES string of the molecule is CN(C)c1cccc(CNC(=O)c2ccc(OCc3ccccc3)cc2)c1. The number of hydrogen-bond donors (Lipinski definition) is 1. The summed E-state index contributed by atoms with van der Waals surface area (Å²) in [6.45, 7) is 1.00. The van der Waals surface area contributed by atoms with Crippen LogP contribution in [0.3, 0.4) is 0 Å². The quantitative estimate of drug-likeness (QED) is 0.684. The van der Waals surface area contributed by atoms with E-state index in [1.54, 1.807) is 12.1 Å². The van der Waals surface area contributed by atoms with E-state index in [-0.39, 0.29) is 5.91 Å². The molecule has 0 saturated carbocycles. The van der Waals surface area contributed by atoms with Gasteiger partial charge in [0.25, 0.3) is 5.91 Å². The molecule has 0 aliphatic heterocycles. The molecule has 27 heavy (non-hydrogen) atoms. The largest absolute Gasteiger partial charge is 0.489 e. The molecule has 1 N–H and O–H groups in total. The van der Waals surface area contributed by atoms with Gasteiger partial charge in [0.1, 0.15) is 12.4 Å². The van der Waals surface area contributed by atoms with E-state index in [0.717, 1.165) is 22.6 Å². The second-order valence-electron chi connectivity index (χ2n) is 6.55. The fourth-order valence-electron chi connectivity index (χ4n) is 2.67. The number of nitrogens with zero attached hydrogens (tertiary/aromatic N) is 1. The molecule has 1 amide bonds. The lowest BCUT2D eigenvalue weighted by Crippen LogP contribution is -2.22. The van der Waals surface area contributed by atoms with Crippen LogP contribution in [0, 0.1) is 0 Å². The van der Waals surface area contributed by atoms with Crippen molar-refractivity contribution in [2.24, 2.45) is 0 Å². The molecule has 3 rings (SSSR count). The monoisotopic (exact) mass is 360 g/mol. The minimum Gasteiger partial charge on any atom is -0.489 e. The van der Waals surface area contributed by atoms with Crippen LogP contribution in [0.4, 0.5) is 5.69 Å². The molecule has 0 unspecified atom stereocenters. The van der Waals surface area contributed by atoms with Crippen molar-refractivity contribution < 1.29 is 9.53 Å². The van der Waals surface area contributed by atoms with Gasteiger partial charge in [-0.3, -0.25) is 4.79 Å². The Morgan fingerprint density at radius 1 is 0.889 bits per heavy atom. The molecular weight excluding hydrogens is 336 g/mol. The molecule has 0 fully saturated rings. The third-order valence-corrected chi connectivity index (χ3v) is 4.24. The maximum absolute atomic E-state index is 12.4. The third-order valence-electron chi connectivity index (χ3n) is 4.24. The Morgan fingerprint density at radius 2 is 1.59 bits per heavy atom. The van der Waals surface area contributed by atoms with Crippen molar-refractivity contribution in [3.63, 3.8) is 0 Å². The summed E-state index contributed by atoms with van der Waals surface area (Å²) in [5.74, 6) is 0.647. The molecule has 0 saturated heterocycles. The molecular formula is C23H24N2O2. The number of anilines is 1. The van der Waals surface area contributed by atoms with Crippen LogP contribution < -0.4 is 15.0 Å². The van der Waals surface area contributed by atoms with Gasteiger partial charge in [-0.2, -0.15) is 0 Å². The fraction of sp³-hybridized carbons (Fsp3) is 0.174. The second-order valence-corrected chi connectivity index (χ2v) is 6.55. The highest BCUT2D eigenvalue weighted by Gasteiger charge is 2.06. The zero-order chi connectivity index (χ0) is 19.1. The van der Waals surface area contributed by atoms with Crippen molar-refractivity contribution in [3.8, 4) is 5.75 Å². The Kier molecular flexibility index (Phi) is 6.10. The maximum atomic E-state index is 12.4. The van der Waals surface area contributed by atoms with E-state index < -0.39 is 0 Å². The van der Waals surface area contributed by atoms with Gasteiger partial charge in [0.05, 0.1) is 0 Å². The molecule has 138 valence electrons. The van der Waals surface area contributed by atoms with Gasteiger partial charge in [0, 0.05) is 31.9 Å². The first-order chi connectivity index (χ1) is 13.1. The predicted octanol–water partition coefficient (Wildman–Crippen LogP) is 4.26. The van der Waals surface area contributed by atoms with E-state index in [1.807, 2.05) is 79.7 Å². The summed E-state index contributed by atoms with van der Waals surface area (Å²) in [6, 6.07) is 25.3. The van der Waals surface area contributed by atoms with Crippen molar-refractivity contribution in [3.05, 3.63) is 95.6 Å².